The van der Waals surface area contributed by atoms with Crippen LogP contribution in [0.4, 0.5) is 35.1 Å². The molecule has 0 bridgehead atoms. The Morgan fingerprint density at radius 2 is 1.10 bits per heavy atom. The fourth-order valence-electron chi connectivity index (χ4n) is 1.29. The van der Waals surface area contributed by atoms with Gasteiger partial charge in [-0.2, -0.15) is 32.5 Å². The predicted octanol–water partition coefficient (Wildman–Crippen LogP) is 3.50. The molecular weight excluding hydrogens is 300 g/mol. The summed E-state index contributed by atoms with van der Waals surface area (Å²) in [5.74, 6) is -14.0. The highest BCUT2D eigenvalue weighted by molar-refractivity contribution is 5.51. The van der Waals surface area contributed by atoms with Crippen molar-refractivity contribution >= 4 is 0 Å². The number of benzene rings is 1. The maximum absolute atomic E-state index is 13.4. The van der Waals surface area contributed by atoms with Crippen LogP contribution in [0.2, 0.25) is 0 Å². The highest BCUT2D eigenvalue weighted by atomic mass is 19.4. The van der Waals surface area contributed by atoms with E-state index in [2.05, 4.69) is 0 Å². The molecule has 0 fully saturated rings. The molecule has 0 spiro atoms. The van der Waals surface area contributed by atoms with Crippen molar-refractivity contribution < 1.29 is 35.1 Å². The number of halogens is 8. The summed E-state index contributed by atoms with van der Waals surface area (Å²) in [5, 5.41) is 16.7. The lowest BCUT2D eigenvalue weighted by Crippen LogP contribution is -2.36. The average molecular weight is 300 g/mol. The van der Waals surface area contributed by atoms with Crippen molar-refractivity contribution in [3.05, 3.63) is 34.1 Å². The topological polar surface area (TPSA) is 47.6 Å². The van der Waals surface area contributed by atoms with E-state index in [9.17, 15) is 35.1 Å². The summed E-state index contributed by atoms with van der Waals surface area (Å²) < 4.78 is 102. The summed E-state index contributed by atoms with van der Waals surface area (Å²) in [6.45, 7) is 0. The van der Waals surface area contributed by atoms with Gasteiger partial charge in [0.15, 0.2) is 17.5 Å². The summed E-state index contributed by atoms with van der Waals surface area (Å²) in [6.07, 6.45) is -6.41. The molecule has 0 unspecified atom stereocenters. The molecule has 0 N–H and O–H groups in total. The van der Waals surface area contributed by atoms with Crippen LogP contribution < -0.4 is 0 Å². The molecule has 0 atom stereocenters. The van der Waals surface area contributed by atoms with Gasteiger partial charge in [0.25, 0.3) is 0 Å². The number of nitrogens with zero attached hydrogens (tertiary/aromatic N) is 2. The van der Waals surface area contributed by atoms with Gasteiger partial charge in [0, 0.05) is 0 Å². The van der Waals surface area contributed by atoms with E-state index in [1.807, 2.05) is 0 Å². The third-order valence-electron chi connectivity index (χ3n) is 2.21. The number of alkyl halides is 5. The predicted molar refractivity (Wildman–Crippen MR) is 45.7 cm³/mol. The Bertz CT molecular complexity index is 647. The maximum Gasteiger partial charge on any atom is 0.458 e. The number of nitriles is 2. The van der Waals surface area contributed by atoms with E-state index in [1.165, 1.54) is 0 Å². The molecule has 0 saturated carbocycles. The van der Waals surface area contributed by atoms with Crippen LogP contribution in [0.3, 0.4) is 0 Å². The van der Waals surface area contributed by atoms with Gasteiger partial charge in [-0.25, -0.2) is 13.2 Å². The molecule has 2 nitrogen and oxygen atoms in total. The third kappa shape index (κ3) is 2.03. The Morgan fingerprint density at radius 1 is 0.700 bits per heavy atom. The number of rotatable bonds is 1. The van der Waals surface area contributed by atoms with Crippen molar-refractivity contribution in [3.8, 4) is 12.1 Å². The summed E-state index contributed by atoms with van der Waals surface area (Å²) in [5.41, 5.74) is -6.28. The Morgan fingerprint density at radius 3 is 1.45 bits per heavy atom. The molecule has 1 aromatic rings. The summed E-state index contributed by atoms with van der Waals surface area (Å²) >= 11 is 0. The van der Waals surface area contributed by atoms with Crippen LogP contribution in [0.1, 0.15) is 16.7 Å². The molecule has 1 aromatic carbocycles. The second-order valence-electron chi connectivity index (χ2n) is 3.36. The zero-order chi connectivity index (χ0) is 15.9. The maximum atomic E-state index is 13.4. The van der Waals surface area contributed by atoms with Crippen LogP contribution in [0.5, 0.6) is 0 Å². The van der Waals surface area contributed by atoms with Crippen molar-refractivity contribution in [1.29, 1.82) is 10.5 Å². The smallest absolute Gasteiger partial charge is 0.205 e. The molecule has 0 aliphatic rings. The number of hydrogen-bond donors (Lipinski definition) is 0. The third-order valence-corrected chi connectivity index (χ3v) is 2.21. The Balaban J connectivity index is 3.91. The molecule has 10 heteroatoms. The first-order chi connectivity index (χ1) is 9.00. The van der Waals surface area contributed by atoms with Gasteiger partial charge < -0.3 is 0 Å². The summed E-state index contributed by atoms with van der Waals surface area (Å²) in [7, 11) is 0. The van der Waals surface area contributed by atoms with Crippen molar-refractivity contribution in [2.24, 2.45) is 0 Å². The van der Waals surface area contributed by atoms with Gasteiger partial charge >= 0.3 is 12.1 Å². The van der Waals surface area contributed by atoms with Crippen LogP contribution in [0, 0.1) is 40.1 Å². The van der Waals surface area contributed by atoms with Crippen LogP contribution in [-0.4, -0.2) is 6.18 Å². The molecule has 0 saturated heterocycles. The zero-order valence-electron chi connectivity index (χ0n) is 8.92. The first-order valence-corrected chi connectivity index (χ1v) is 4.46. The largest absolute Gasteiger partial charge is 0.458 e. The normalized spacial score (nSPS) is 11.9. The molecule has 106 valence electrons. The van der Waals surface area contributed by atoms with Gasteiger partial charge in [0.05, 0.1) is 0 Å². The molecule has 0 heterocycles. The molecule has 0 aliphatic heterocycles. The van der Waals surface area contributed by atoms with Gasteiger partial charge in [-0.1, -0.05) is 0 Å². The Kier molecular flexibility index (Phi) is 3.64. The van der Waals surface area contributed by atoms with E-state index in [0.29, 0.717) is 0 Å². The fraction of sp³-hybridized carbons (Fsp3) is 0.200. The van der Waals surface area contributed by atoms with E-state index >= 15 is 0 Å². The van der Waals surface area contributed by atoms with Crippen LogP contribution >= 0.6 is 0 Å². The van der Waals surface area contributed by atoms with E-state index < -0.39 is 46.2 Å². The lowest BCUT2D eigenvalue weighted by molar-refractivity contribution is -0.291. The van der Waals surface area contributed by atoms with Crippen LogP contribution in [-0.2, 0) is 5.92 Å². The first-order valence-electron chi connectivity index (χ1n) is 4.46. The van der Waals surface area contributed by atoms with Crippen molar-refractivity contribution in [2.75, 3.05) is 0 Å². The average Bonchev–Trinajstić information content (AvgIpc) is 2.31. The minimum absolute atomic E-state index is 0.742. The quantitative estimate of drug-likeness (QED) is 0.588. The Hall–Kier alpha value is -2.36. The van der Waals surface area contributed by atoms with Gasteiger partial charge in [-0.3, -0.25) is 0 Å². The lowest BCUT2D eigenvalue weighted by atomic mass is 9.98. The van der Waals surface area contributed by atoms with Gasteiger partial charge in [-0.05, 0) is 0 Å². The molecule has 0 aromatic heterocycles. The second-order valence-corrected chi connectivity index (χ2v) is 3.36. The standard InChI is InChI=1S/C10F8N2/c11-6-3(1-19)4(2-20)7(12)8(13)5(6)9(14,15)10(16,17)18. The zero-order valence-corrected chi connectivity index (χ0v) is 8.92. The Labute approximate surface area is 105 Å². The van der Waals surface area contributed by atoms with Crippen molar-refractivity contribution in [2.45, 2.75) is 12.1 Å². The number of hydrogen-bond acceptors (Lipinski definition) is 2. The first kappa shape index (κ1) is 15.7. The van der Waals surface area contributed by atoms with Crippen molar-refractivity contribution in [1.82, 2.24) is 0 Å². The van der Waals surface area contributed by atoms with E-state index in [1.54, 1.807) is 0 Å². The van der Waals surface area contributed by atoms with Gasteiger partial charge in [-0.15, -0.1) is 0 Å². The lowest BCUT2D eigenvalue weighted by Gasteiger charge is -2.21. The van der Waals surface area contributed by atoms with Gasteiger partial charge in [0.1, 0.15) is 28.8 Å². The minimum Gasteiger partial charge on any atom is -0.205 e. The highest BCUT2D eigenvalue weighted by Crippen LogP contribution is 2.47. The van der Waals surface area contributed by atoms with E-state index in [-0.39, 0.29) is 0 Å². The van der Waals surface area contributed by atoms with E-state index in [4.69, 9.17) is 10.5 Å². The van der Waals surface area contributed by atoms with Crippen molar-refractivity contribution in [3.63, 3.8) is 0 Å². The SMILES string of the molecule is N#Cc1c(F)c(F)c(C(F)(F)C(F)(F)F)c(F)c1C#N. The summed E-state index contributed by atoms with van der Waals surface area (Å²) in [4.78, 5) is 0. The monoisotopic (exact) mass is 300 g/mol. The molecule has 20 heavy (non-hydrogen) atoms. The van der Waals surface area contributed by atoms with Crippen LogP contribution in [0.25, 0.3) is 0 Å². The molecular formula is C10F8N2. The van der Waals surface area contributed by atoms with Gasteiger partial charge in [0.2, 0.25) is 0 Å². The molecule has 1 rings (SSSR count). The highest BCUT2D eigenvalue weighted by Gasteiger charge is 2.62. The molecule has 0 amide bonds. The molecule has 0 radical (unpaired) electrons. The molecule has 0 aliphatic carbocycles. The van der Waals surface area contributed by atoms with Crippen LogP contribution in [0.15, 0.2) is 0 Å². The second kappa shape index (κ2) is 4.63. The minimum atomic E-state index is -6.41. The summed E-state index contributed by atoms with van der Waals surface area (Å²) in [6, 6.07) is 1.55. The fourth-order valence-corrected chi connectivity index (χ4v) is 1.29. The van der Waals surface area contributed by atoms with E-state index in [0.717, 1.165) is 12.1 Å².